The van der Waals surface area contributed by atoms with Crippen molar-refractivity contribution in [2.45, 2.75) is 58.0 Å². The highest BCUT2D eigenvalue weighted by Gasteiger charge is 2.53. The molecule has 0 spiro atoms. The number of rotatable bonds is 18. The Hall–Kier alpha value is -5.73. The molecule has 3 aromatic carbocycles. The van der Waals surface area contributed by atoms with E-state index in [9.17, 15) is 29.2 Å². The average Bonchev–Trinajstić information content (AvgIpc) is 3.56. The van der Waals surface area contributed by atoms with E-state index < -0.39 is 34.7 Å². The van der Waals surface area contributed by atoms with Crippen LogP contribution < -0.4 is 25.2 Å². The van der Waals surface area contributed by atoms with Gasteiger partial charge in [0.05, 0.1) is 68.1 Å². The molecule has 16 heteroatoms. The van der Waals surface area contributed by atoms with Gasteiger partial charge in [-0.3, -0.25) is 39.1 Å². The first-order valence-electron chi connectivity index (χ1n) is 19.0. The first kappa shape index (κ1) is 41.9. The number of carbonyl (C=O) groups is 5. The molecule has 0 aliphatic carbocycles. The summed E-state index contributed by atoms with van der Waals surface area (Å²) in [6.07, 6.45) is 0.770. The fourth-order valence-electron chi connectivity index (χ4n) is 7.10. The van der Waals surface area contributed by atoms with Crippen LogP contribution in [0.4, 0.5) is 17.1 Å². The van der Waals surface area contributed by atoms with E-state index in [1.807, 2.05) is 49.9 Å². The van der Waals surface area contributed by atoms with E-state index in [0.29, 0.717) is 87.0 Å². The van der Waals surface area contributed by atoms with Gasteiger partial charge in [0.2, 0.25) is 5.91 Å². The smallest absolute Gasteiger partial charge is 0.264 e. The lowest BCUT2D eigenvalue weighted by atomic mass is 9.89. The lowest BCUT2D eigenvalue weighted by Gasteiger charge is -2.38. The van der Waals surface area contributed by atoms with E-state index in [-0.39, 0.29) is 29.9 Å². The Labute approximate surface area is 342 Å². The molecule has 2 N–H and O–H groups in total. The van der Waals surface area contributed by atoms with Gasteiger partial charge in [-0.2, -0.15) is 5.26 Å². The van der Waals surface area contributed by atoms with Gasteiger partial charge >= 0.3 is 0 Å². The maximum Gasteiger partial charge on any atom is 0.264 e. The van der Waals surface area contributed by atoms with Crippen LogP contribution in [0.1, 0.15) is 71.9 Å². The number of aryl methyl sites for hydroxylation is 1. The largest absolute Gasteiger partial charge is 0.494 e. The minimum atomic E-state index is -1.46. The zero-order chi connectivity index (χ0) is 41.6. The Morgan fingerprint density at radius 3 is 2.17 bits per heavy atom. The predicted molar refractivity (Wildman–Crippen MR) is 218 cm³/mol. The molecule has 15 nitrogen and oxygen atoms in total. The van der Waals surface area contributed by atoms with E-state index in [4.69, 9.17) is 31.2 Å². The first-order valence-corrected chi connectivity index (χ1v) is 19.5. The highest BCUT2D eigenvalue weighted by Crippen LogP contribution is 2.38. The highest BCUT2D eigenvalue weighted by molar-refractivity contribution is 7.81. The van der Waals surface area contributed by atoms with Crippen LogP contribution >= 0.6 is 12.2 Å². The van der Waals surface area contributed by atoms with Gasteiger partial charge in [0.1, 0.15) is 16.8 Å². The molecule has 1 atom stereocenters. The van der Waals surface area contributed by atoms with Crippen molar-refractivity contribution in [2.24, 2.45) is 0 Å². The van der Waals surface area contributed by atoms with Gasteiger partial charge in [0, 0.05) is 37.4 Å². The molecule has 3 aliphatic rings. The number of nitriles is 1. The number of hydrogen-bond donors (Lipinski definition) is 2. The summed E-state index contributed by atoms with van der Waals surface area (Å²) in [5.41, 5.74) is 1.19. The minimum absolute atomic E-state index is 0.0360. The molecule has 304 valence electrons. The Morgan fingerprint density at radius 1 is 0.828 bits per heavy atom. The molecule has 2 saturated heterocycles. The number of carbonyl (C=O) groups excluding carboxylic acids is 5. The summed E-state index contributed by atoms with van der Waals surface area (Å²) in [6.45, 7) is 10.2. The maximum atomic E-state index is 13.5. The van der Waals surface area contributed by atoms with Crippen LogP contribution in [-0.4, -0.2) is 103 Å². The molecular weight excluding hydrogens is 765 g/mol. The van der Waals surface area contributed by atoms with Gasteiger partial charge in [0.25, 0.3) is 23.6 Å². The van der Waals surface area contributed by atoms with Crippen molar-refractivity contribution in [1.82, 2.24) is 10.2 Å². The summed E-state index contributed by atoms with van der Waals surface area (Å²) in [6, 6.07) is 19.7. The third-order valence-electron chi connectivity index (χ3n) is 10.3. The molecule has 0 radical (unpaired) electrons. The van der Waals surface area contributed by atoms with Crippen LogP contribution in [0.2, 0.25) is 0 Å². The van der Waals surface area contributed by atoms with Crippen LogP contribution in [0.15, 0.2) is 60.7 Å². The molecule has 3 heterocycles. The number of anilines is 3. The predicted octanol–water partition coefficient (Wildman–Crippen LogP) is 4.51. The number of nitrogens with zero attached hydrogens (tertiary/aromatic N) is 4. The quantitative estimate of drug-likeness (QED) is 0.104. The zero-order valence-corrected chi connectivity index (χ0v) is 33.7. The Kier molecular flexibility index (Phi) is 12.9. The molecule has 2 fully saturated rings. The van der Waals surface area contributed by atoms with E-state index in [1.54, 1.807) is 36.4 Å². The molecule has 1 unspecified atom stereocenters. The number of thiocarbonyl (C=S) groups is 1. The Morgan fingerprint density at radius 2 is 1.50 bits per heavy atom. The summed E-state index contributed by atoms with van der Waals surface area (Å²) in [4.78, 5) is 68.8. The maximum absolute atomic E-state index is 13.5. The lowest BCUT2D eigenvalue weighted by molar-refractivity contribution is -0.141. The van der Waals surface area contributed by atoms with Crippen molar-refractivity contribution < 1.29 is 42.9 Å². The third kappa shape index (κ3) is 8.44. The van der Waals surface area contributed by atoms with Gasteiger partial charge in [-0.1, -0.05) is 6.07 Å². The number of amides is 5. The fourth-order valence-corrected chi connectivity index (χ4v) is 7.62. The number of hydrogen-bond acceptors (Lipinski definition) is 12. The molecule has 3 aromatic rings. The van der Waals surface area contributed by atoms with Gasteiger partial charge in [-0.15, -0.1) is 0 Å². The number of nitrogens with one attached hydrogen (secondary N) is 2. The molecule has 58 heavy (non-hydrogen) atoms. The summed E-state index contributed by atoms with van der Waals surface area (Å²) >= 11 is 5.78. The molecule has 0 saturated carbocycles. The summed E-state index contributed by atoms with van der Waals surface area (Å²) < 4.78 is 22.8. The van der Waals surface area contributed by atoms with Crippen LogP contribution in [-0.2, 0) is 28.6 Å². The van der Waals surface area contributed by atoms with Gasteiger partial charge in [-0.25, -0.2) is 0 Å². The number of fused-ring (bicyclic) bond motifs is 1. The van der Waals surface area contributed by atoms with Crippen molar-refractivity contribution in [2.75, 3.05) is 67.9 Å². The first-order chi connectivity index (χ1) is 27.8. The van der Waals surface area contributed by atoms with E-state index in [1.165, 1.54) is 11.8 Å². The van der Waals surface area contributed by atoms with Crippen LogP contribution in [0.3, 0.4) is 0 Å². The topological polar surface area (TPSA) is 180 Å². The summed E-state index contributed by atoms with van der Waals surface area (Å²) in [5, 5.41) is 15.0. The fraction of sp³-hybridized carbons (Fsp3) is 0.405. The SMILES string of the molecule is Cc1cc(N2C(=O)C(C)(C)N(c3ccc(OCCCOCCOCCOCCNc4cccc5c4C(=O)N(C4(C)CCC(=O)NC4=O)C5=O)cc3)C2=S)ccc1C#N. The lowest BCUT2D eigenvalue weighted by Crippen LogP contribution is -2.62. The second kappa shape index (κ2) is 17.8. The van der Waals surface area contributed by atoms with Crippen molar-refractivity contribution in [3.05, 3.63) is 82.9 Å². The number of ether oxygens (including phenoxy) is 4. The van der Waals surface area contributed by atoms with Crippen LogP contribution in [0.5, 0.6) is 5.75 Å². The molecule has 0 bridgehead atoms. The summed E-state index contributed by atoms with van der Waals surface area (Å²) in [7, 11) is 0. The zero-order valence-electron chi connectivity index (χ0n) is 32.9. The number of imide groups is 2. The van der Waals surface area contributed by atoms with Crippen molar-refractivity contribution in [3.63, 3.8) is 0 Å². The van der Waals surface area contributed by atoms with Gasteiger partial charge in [0.15, 0.2) is 5.11 Å². The normalized spacial score (nSPS) is 18.8. The molecule has 3 aliphatic heterocycles. The Bertz CT molecular complexity index is 2150. The minimum Gasteiger partial charge on any atom is -0.494 e. The monoisotopic (exact) mass is 810 g/mol. The number of benzene rings is 3. The van der Waals surface area contributed by atoms with Crippen LogP contribution in [0.25, 0.3) is 0 Å². The van der Waals surface area contributed by atoms with E-state index in [2.05, 4.69) is 16.7 Å². The standard InChI is InChI=1S/C42H46N6O9S/c1-27-25-30(10-9-28(27)26-43)46-39(53)41(2,3)47(40(46)58)29-11-13-31(14-12-29)57-19-6-18-54-21-23-56-24-22-55-20-17-44-33-8-5-7-32-35(33)37(51)48(36(32)50)42(4)16-15-34(49)45-38(42)52/h5,7-14,25,44H,6,15-24H2,1-4H3,(H,45,49,52). The highest BCUT2D eigenvalue weighted by atomic mass is 32.1. The Balaban J connectivity index is 0.830. The average molecular weight is 811 g/mol. The molecule has 6 rings (SSSR count). The summed E-state index contributed by atoms with van der Waals surface area (Å²) in [5.74, 6) is -1.72. The molecule has 5 amide bonds. The van der Waals surface area contributed by atoms with Crippen molar-refractivity contribution in [3.8, 4) is 11.8 Å². The van der Waals surface area contributed by atoms with E-state index >= 15 is 0 Å². The molecular formula is C42H46N6O9S. The van der Waals surface area contributed by atoms with Gasteiger partial charge in [-0.05, 0) is 106 Å². The van der Waals surface area contributed by atoms with Crippen molar-refractivity contribution in [1.29, 1.82) is 5.26 Å². The second-order valence-corrected chi connectivity index (χ2v) is 15.1. The molecule has 0 aromatic heterocycles. The van der Waals surface area contributed by atoms with Crippen LogP contribution in [0, 0.1) is 18.3 Å². The van der Waals surface area contributed by atoms with E-state index in [0.717, 1.165) is 16.2 Å². The second-order valence-electron chi connectivity index (χ2n) is 14.7. The number of piperidine rings is 1. The van der Waals surface area contributed by atoms with Crippen molar-refractivity contribution >= 4 is 63.9 Å². The van der Waals surface area contributed by atoms with Gasteiger partial charge < -0.3 is 29.2 Å². The third-order valence-corrected chi connectivity index (χ3v) is 10.7.